The van der Waals surface area contributed by atoms with E-state index in [-0.39, 0.29) is 10.8 Å². The fraction of sp³-hybridized carbons (Fsp3) is 0.154. The predicted molar refractivity (Wildman–Crippen MR) is 71.8 cm³/mol. The van der Waals surface area contributed by atoms with Crippen LogP contribution in [0.3, 0.4) is 0 Å². The molecule has 0 atom stereocenters. The molecule has 0 amide bonds. The Kier molecular flexibility index (Phi) is 3.85. The third-order valence-corrected chi connectivity index (χ3v) is 3.65. The quantitative estimate of drug-likeness (QED) is 0.837. The second kappa shape index (κ2) is 5.38. The standard InChI is InChI=1S/C13H10ClN3S/c1-8-4-3-5-10(6-8)18-13-12(14)17-11(7-15)9(2)16-13/h3-6H,1-2H3. The molecule has 1 heterocycles. The molecule has 0 spiro atoms. The van der Waals surface area contributed by atoms with Gasteiger partial charge in [0, 0.05) is 4.90 Å². The molecule has 0 radical (unpaired) electrons. The van der Waals surface area contributed by atoms with Crippen LogP contribution in [0.4, 0.5) is 0 Å². The molecule has 5 heteroatoms. The Hall–Kier alpha value is -1.57. The predicted octanol–water partition coefficient (Wildman–Crippen LogP) is 3.77. The third-order valence-electron chi connectivity index (χ3n) is 2.31. The van der Waals surface area contributed by atoms with Crippen LogP contribution in [0, 0.1) is 25.2 Å². The van der Waals surface area contributed by atoms with Crippen LogP contribution >= 0.6 is 23.4 Å². The maximum absolute atomic E-state index is 8.84. The maximum Gasteiger partial charge on any atom is 0.163 e. The lowest BCUT2D eigenvalue weighted by Gasteiger charge is -2.05. The summed E-state index contributed by atoms with van der Waals surface area (Å²) in [5.41, 5.74) is 2.04. The Balaban J connectivity index is 2.36. The average Bonchev–Trinajstić information content (AvgIpc) is 2.33. The van der Waals surface area contributed by atoms with Gasteiger partial charge >= 0.3 is 0 Å². The van der Waals surface area contributed by atoms with Gasteiger partial charge < -0.3 is 0 Å². The van der Waals surface area contributed by atoms with Crippen molar-refractivity contribution in [3.05, 3.63) is 46.4 Å². The first-order valence-electron chi connectivity index (χ1n) is 5.29. The van der Waals surface area contributed by atoms with Crippen LogP contribution in [0.25, 0.3) is 0 Å². The summed E-state index contributed by atoms with van der Waals surface area (Å²) in [4.78, 5) is 9.40. The van der Waals surface area contributed by atoms with Gasteiger partial charge in [-0.3, -0.25) is 0 Å². The minimum atomic E-state index is 0.267. The fourth-order valence-electron chi connectivity index (χ4n) is 1.44. The summed E-state index contributed by atoms with van der Waals surface area (Å²) in [6.07, 6.45) is 0. The molecule has 18 heavy (non-hydrogen) atoms. The van der Waals surface area contributed by atoms with Crippen LogP contribution in [0.15, 0.2) is 34.2 Å². The summed E-state index contributed by atoms with van der Waals surface area (Å²) >= 11 is 7.47. The van der Waals surface area contributed by atoms with E-state index in [2.05, 4.69) is 16.0 Å². The number of aromatic nitrogens is 2. The molecule has 0 saturated carbocycles. The number of aryl methyl sites for hydroxylation is 2. The van der Waals surface area contributed by atoms with Gasteiger partial charge in [0.15, 0.2) is 10.8 Å². The highest BCUT2D eigenvalue weighted by Crippen LogP contribution is 2.31. The van der Waals surface area contributed by atoms with Crippen molar-refractivity contribution in [3.63, 3.8) is 0 Å². The van der Waals surface area contributed by atoms with E-state index < -0.39 is 0 Å². The minimum absolute atomic E-state index is 0.267. The van der Waals surface area contributed by atoms with Crippen LogP contribution in [-0.2, 0) is 0 Å². The zero-order valence-corrected chi connectivity index (χ0v) is 11.5. The highest BCUT2D eigenvalue weighted by atomic mass is 35.5. The number of benzene rings is 1. The lowest BCUT2D eigenvalue weighted by atomic mass is 10.2. The first-order chi connectivity index (χ1) is 8.60. The smallest absolute Gasteiger partial charge is 0.163 e. The lowest BCUT2D eigenvalue weighted by Crippen LogP contribution is -1.96. The van der Waals surface area contributed by atoms with Crippen LogP contribution in [0.1, 0.15) is 17.0 Å². The van der Waals surface area contributed by atoms with Crippen molar-refractivity contribution in [2.75, 3.05) is 0 Å². The maximum atomic E-state index is 8.84. The van der Waals surface area contributed by atoms with Gasteiger partial charge in [-0.25, -0.2) is 9.97 Å². The van der Waals surface area contributed by atoms with E-state index in [1.165, 1.54) is 17.3 Å². The number of hydrogen-bond donors (Lipinski definition) is 0. The van der Waals surface area contributed by atoms with Gasteiger partial charge in [-0.2, -0.15) is 5.26 Å². The molecule has 0 bridgehead atoms. The van der Waals surface area contributed by atoms with Crippen molar-refractivity contribution in [2.24, 2.45) is 0 Å². The molecule has 0 aliphatic rings. The molecule has 0 aliphatic carbocycles. The highest BCUT2D eigenvalue weighted by molar-refractivity contribution is 7.99. The molecule has 90 valence electrons. The Labute approximate surface area is 115 Å². The van der Waals surface area contributed by atoms with Gasteiger partial charge in [0.1, 0.15) is 11.1 Å². The first-order valence-corrected chi connectivity index (χ1v) is 6.48. The van der Waals surface area contributed by atoms with E-state index >= 15 is 0 Å². The summed E-state index contributed by atoms with van der Waals surface area (Å²) in [6.45, 7) is 3.78. The second-order valence-corrected chi connectivity index (χ2v) is 5.20. The zero-order valence-electron chi connectivity index (χ0n) is 9.94. The van der Waals surface area contributed by atoms with Gasteiger partial charge in [0.25, 0.3) is 0 Å². The number of rotatable bonds is 2. The first kappa shape index (κ1) is 12.9. The van der Waals surface area contributed by atoms with Crippen molar-refractivity contribution >= 4 is 23.4 Å². The molecule has 0 aliphatic heterocycles. The summed E-state index contributed by atoms with van der Waals surface area (Å²) in [7, 11) is 0. The topological polar surface area (TPSA) is 49.6 Å². The zero-order chi connectivity index (χ0) is 13.1. The lowest BCUT2D eigenvalue weighted by molar-refractivity contribution is 0.982. The van der Waals surface area contributed by atoms with Gasteiger partial charge in [-0.15, -0.1) is 0 Å². The van der Waals surface area contributed by atoms with Crippen molar-refractivity contribution in [1.29, 1.82) is 5.26 Å². The van der Waals surface area contributed by atoms with Crippen LogP contribution < -0.4 is 0 Å². The number of nitrogens with zero attached hydrogens (tertiary/aromatic N) is 3. The van der Waals surface area contributed by atoms with Crippen molar-refractivity contribution in [3.8, 4) is 6.07 Å². The van der Waals surface area contributed by atoms with Crippen LogP contribution in [0.5, 0.6) is 0 Å². The molecule has 2 aromatic rings. The summed E-state index contributed by atoms with van der Waals surface area (Å²) < 4.78 is 0. The Bertz CT molecular complexity index is 635. The summed E-state index contributed by atoms with van der Waals surface area (Å²) in [5.74, 6) is 0. The minimum Gasteiger partial charge on any atom is -0.240 e. The van der Waals surface area contributed by atoms with Gasteiger partial charge in [-0.1, -0.05) is 41.1 Å². The van der Waals surface area contributed by atoms with Crippen molar-refractivity contribution < 1.29 is 0 Å². The largest absolute Gasteiger partial charge is 0.240 e. The molecule has 1 aromatic heterocycles. The van der Waals surface area contributed by atoms with Crippen molar-refractivity contribution in [2.45, 2.75) is 23.8 Å². The molecule has 3 nitrogen and oxygen atoms in total. The fourth-order valence-corrected chi connectivity index (χ4v) is 2.61. The van der Waals surface area contributed by atoms with Crippen LogP contribution in [-0.4, -0.2) is 9.97 Å². The molecule has 0 saturated heterocycles. The molecule has 0 unspecified atom stereocenters. The third kappa shape index (κ3) is 2.81. The van der Waals surface area contributed by atoms with Gasteiger partial charge in [0.2, 0.25) is 0 Å². The van der Waals surface area contributed by atoms with E-state index in [1.54, 1.807) is 6.92 Å². The Morgan fingerprint density at radius 1 is 1.28 bits per heavy atom. The summed E-state index contributed by atoms with van der Waals surface area (Å²) in [5, 5.41) is 9.73. The molecule has 0 N–H and O–H groups in total. The van der Waals surface area contributed by atoms with E-state index in [9.17, 15) is 0 Å². The normalized spacial score (nSPS) is 10.1. The van der Waals surface area contributed by atoms with E-state index in [0.717, 1.165) is 4.90 Å². The van der Waals surface area contributed by atoms with Gasteiger partial charge in [-0.05, 0) is 26.0 Å². The monoisotopic (exact) mass is 275 g/mol. The van der Waals surface area contributed by atoms with E-state index in [0.29, 0.717) is 10.7 Å². The van der Waals surface area contributed by atoms with Gasteiger partial charge in [0.05, 0.1) is 5.69 Å². The number of nitriles is 1. The molecule has 2 rings (SSSR count). The molecule has 1 aromatic carbocycles. The number of hydrogen-bond acceptors (Lipinski definition) is 4. The highest BCUT2D eigenvalue weighted by Gasteiger charge is 2.10. The van der Waals surface area contributed by atoms with E-state index in [1.807, 2.05) is 31.2 Å². The molecule has 0 fully saturated rings. The van der Waals surface area contributed by atoms with Crippen LogP contribution in [0.2, 0.25) is 5.15 Å². The van der Waals surface area contributed by atoms with Crippen molar-refractivity contribution in [1.82, 2.24) is 9.97 Å². The SMILES string of the molecule is Cc1cccc(Sc2nc(C)c(C#N)nc2Cl)c1. The molecular formula is C13H10ClN3S. The second-order valence-electron chi connectivity index (χ2n) is 3.78. The number of halogens is 1. The summed E-state index contributed by atoms with van der Waals surface area (Å²) in [6, 6.07) is 10.0. The average molecular weight is 276 g/mol. The van der Waals surface area contributed by atoms with E-state index in [4.69, 9.17) is 16.9 Å². The Morgan fingerprint density at radius 2 is 2.06 bits per heavy atom. The molecular weight excluding hydrogens is 266 g/mol. The Morgan fingerprint density at radius 3 is 2.72 bits per heavy atom.